The van der Waals surface area contributed by atoms with Crippen LogP contribution in [0.5, 0.6) is 0 Å². The summed E-state index contributed by atoms with van der Waals surface area (Å²) in [7, 11) is 0. The molecule has 2 aromatic carbocycles. The molecule has 2 heterocycles. The normalized spacial score (nSPS) is 17.4. The van der Waals surface area contributed by atoms with Gasteiger partial charge in [0.1, 0.15) is 5.03 Å². The number of para-hydroxylation sites is 2. The number of fused-ring (bicyclic) bond motifs is 1. The van der Waals surface area contributed by atoms with Crippen molar-refractivity contribution in [2.45, 2.75) is 50.7 Å². The molecule has 170 valence electrons. The summed E-state index contributed by atoms with van der Waals surface area (Å²) >= 11 is 1.62. The highest BCUT2D eigenvalue weighted by Gasteiger charge is 2.38. The first-order chi connectivity index (χ1) is 16.0. The van der Waals surface area contributed by atoms with Gasteiger partial charge in [-0.05, 0) is 61.4 Å². The summed E-state index contributed by atoms with van der Waals surface area (Å²) in [6, 6.07) is 21.1. The summed E-state index contributed by atoms with van der Waals surface area (Å²) < 4.78 is 0. The maximum Gasteiger partial charge on any atom is 0.261 e. The highest BCUT2D eigenvalue weighted by molar-refractivity contribution is 7.99. The Bertz CT molecular complexity index is 1130. The number of amides is 2. The van der Waals surface area contributed by atoms with Gasteiger partial charge < -0.3 is 9.80 Å². The summed E-state index contributed by atoms with van der Waals surface area (Å²) in [5.41, 5.74) is 3.32. The number of aromatic nitrogens is 1. The third kappa shape index (κ3) is 4.67. The van der Waals surface area contributed by atoms with Gasteiger partial charge in [0.15, 0.2) is 0 Å². The number of rotatable bonds is 6. The van der Waals surface area contributed by atoms with E-state index in [-0.39, 0.29) is 23.9 Å². The van der Waals surface area contributed by atoms with Crippen molar-refractivity contribution in [2.24, 2.45) is 0 Å². The Labute approximate surface area is 199 Å². The van der Waals surface area contributed by atoms with Gasteiger partial charge in [-0.25, -0.2) is 4.98 Å². The van der Waals surface area contributed by atoms with Crippen LogP contribution in [0, 0.1) is 0 Å². The smallest absolute Gasteiger partial charge is 0.261 e. The molecular formula is C27H29N3O2S. The van der Waals surface area contributed by atoms with Crippen LogP contribution in [-0.4, -0.2) is 28.6 Å². The zero-order chi connectivity index (χ0) is 23.4. The van der Waals surface area contributed by atoms with Crippen LogP contribution in [0.4, 0.5) is 11.4 Å². The van der Waals surface area contributed by atoms with Gasteiger partial charge in [0, 0.05) is 30.5 Å². The Balaban J connectivity index is 1.76. The topological polar surface area (TPSA) is 53.5 Å². The zero-order valence-electron chi connectivity index (χ0n) is 19.3. The van der Waals surface area contributed by atoms with E-state index in [4.69, 9.17) is 0 Å². The summed E-state index contributed by atoms with van der Waals surface area (Å²) in [5, 5.41) is 0.769. The van der Waals surface area contributed by atoms with Gasteiger partial charge in [0.2, 0.25) is 5.91 Å². The van der Waals surface area contributed by atoms with Gasteiger partial charge in [0.25, 0.3) is 5.91 Å². The van der Waals surface area contributed by atoms with E-state index in [0.29, 0.717) is 12.0 Å². The van der Waals surface area contributed by atoms with E-state index in [9.17, 15) is 9.59 Å². The number of thioether (sulfide) groups is 1. The van der Waals surface area contributed by atoms with Crippen LogP contribution in [0.15, 0.2) is 78.0 Å². The molecule has 1 aliphatic heterocycles. The van der Waals surface area contributed by atoms with Crippen LogP contribution in [0.25, 0.3) is 0 Å². The zero-order valence-corrected chi connectivity index (χ0v) is 20.1. The SMILES string of the molecule is CCCSc1ncccc1C(=O)N1c2ccccc2[C@@H](N(C(C)=O)c2ccccc2)C[C@H]1C. The number of anilines is 2. The highest BCUT2D eigenvalue weighted by Crippen LogP contribution is 2.43. The number of carbonyl (C=O) groups is 2. The molecule has 0 N–H and O–H groups in total. The molecule has 3 aromatic rings. The van der Waals surface area contributed by atoms with Crippen LogP contribution >= 0.6 is 11.8 Å². The van der Waals surface area contributed by atoms with Crippen LogP contribution in [0.3, 0.4) is 0 Å². The fourth-order valence-corrected chi connectivity index (χ4v) is 5.35. The highest BCUT2D eigenvalue weighted by atomic mass is 32.2. The quantitative estimate of drug-likeness (QED) is 0.417. The lowest BCUT2D eigenvalue weighted by atomic mass is 9.89. The molecule has 1 aromatic heterocycles. The molecule has 0 fully saturated rings. The summed E-state index contributed by atoms with van der Waals surface area (Å²) in [6.07, 6.45) is 3.40. The molecular weight excluding hydrogens is 430 g/mol. The molecule has 0 saturated carbocycles. The number of carbonyl (C=O) groups excluding carboxylic acids is 2. The molecule has 0 saturated heterocycles. The summed E-state index contributed by atoms with van der Waals surface area (Å²) in [4.78, 5) is 34.8. The first-order valence-corrected chi connectivity index (χ1v) is 12.4. The van der Waals surface area contributed by atoms with Gasteiger partial charge in [-0.3, -0.25) is 9.59 Å². The summed E-state index contributed by atoms with van der Waals surface area (Å²) in [5.74, 6) is 0.851. The second-order valence-corrected chi connectivity index (χ2v) is 9.35. The standard InChI is InChI=1S/C27H29N3O2S/c1-4-17-33-26-23(14-10-16-28-26)27(32)29-19(2)18-25(22-13-8-9-15-24(22)29)30(20(3)31)21-11-6-5-7-12-21/h5-16,19,25H,4,17-18H2,1-3H3/t19-,25+/m1/s1. The Hall–Kier alpha value is -3.12. The van der Waals surface area contributed by atoms with E-state index in [1.807, 2.05) is 76.5 Å². The fraction of sp³-hybridized carbons (Fsp3) is 0.296. The van der Waals surface area contributed by atoms with Gasteiger partial charge in [0.05, 0.1) is 11.6 Å². The Morgan fingerprint density at radius 3 is 2.52 bits per heavy atom. The Morgan fingerprint density at radius 2 is 1.79 bits per heavy atom. The maximum absolute atomic E-state index is 13.8. The molecule has 0 bridgehead atoms. The van der Waals surface area contributed by atoms with Crippen LogP contribution < -0.4 is 9.80 Å². The minimum absolute atomic E-state index is 0.0153. The first-order valence-electron chi connectivity index (χ1n) is 11.4. The molecule has 2 atom stereocenters. The lowest BCUT2D eigenvalue weighted by molar-refractivity contribution is -0.117. The predicted molar refractivity (Wildman–Crippen MR) is 135 cm³/mol. The maximum atomic E-state index is 13.8. The fourth-order valence-electron chi connectivity index (χ4n) is 4.50. The van der Waals surface area contributed by atoms with Crippen molar-refractivity contribution in [3.05, 3.63) is 84.1 Å². The molecule has 1 aliphatic rings. The monoisotopic (exact) mass is 459 g/mol. The van der Waals surface area contributed by atoms with Crippen LogP contribution in [0.2, 0.25) is 0 Å². The number of hydrogen-bond donors (Lipinski definition) is 0. The number of nitrogens with zero attached hydrogens (tertiary/aromatic N) is 3. The molecule has 6 heteroatoms. The van der Waals surface area contributed by atoms with Crippen molar-refractivity contribution < 1.29 is 9.59 Å². The van der Waals surface area contributed by atoms with E-state index in [1.165, 1.54) is 0 Å². The van der Waals surface area contributed by atoms with Crippen molar-refractivity contribution in [2.75, 3.05) is 15.6 Å². The molecule has 0 radical (unpaired) electrons. The molecule has 4 rings (SSSR count). The molecule has 33 heavy (non-hydrogen) atoms. The lowest BCUT2D eigenvalue weighted by Crippen LogP contribution is -2.47. The average Bonchev–Trinajstić information content (AvgIpc) is 2.83. The van der Waals surface area contributed by atoms with Gasteiger partial charge in [-0.15, -0.1) is 11.8 Å². The van der Waals surface area contributed by atoms with Crippen molar-refractivity contribution in [3.8, 4) is 0 Å². The number of pyridine rings is 1. The van der Waals surface area contributed by atoms with Gasteiger partial charge in [-0.1, -0.05) is 43.3 Å². The van der Waals surface area contributed by atoms with Crippen molar-refractivity contribution in [3.63, 3.8) is 0 Å². The van der Waals surface area contributed by atoms with Gasteiger partial charge >= 0.3 is 0 Å². The molecule has 5 nitrogen and oxygen atoms in total. The largest absolute Gasteiger partial charge is 0.305 e. The molecule has 0 unspecified atom stereocenters. The van der Waals surface area contributed by atoms with E-state index in [1.54, 1.807) is 24.9 Å². The first kappa shape index (κ1) is 23.1. The summed E-state index contributed by atoms with van der Waals surface area (Å²) in [6.45, 7) is 5.78. The minimum Gasteiger partial charge on any atom is -0.305 e. The molecule has 0 spiro atoms. The third-order valence-corrected chi connectivity index (χ3v) is 7.12. The van der Waals surface area contributed by atoms with E-state index < -0.39 is 0 Å². The van der Waals surface area contributed by atoms with Crippen LogP contribution in [0.1, 0.15) is 55.6 Å². The Kier molecular flexibility index (Phi) is 7.14. The van der Waals surface area contributed by atoms with Crippen molar-refractivity contribution in [1.82, 2.24) is 4.98 Å². The van der Waals surface area contributed by atoms with E-state index in [2.05, 4.69) is 18.8 Å². The van der Waals surface area contributed by atoms with Crippen molar-refractivity contribution >= 4 is 35.0 Å². The third-order valence-electron chi connectivity index (χ3n) is 5.91. The Morgan fingerprint density at radius 1 is 1.06 bits per heavy atom. The molecule has 0 aliphatic carbocycles. The molecule has 2 amide bonds. The predicted octanol–water partition coefficient (Wildman–Crippen LogP) is 6.12. The van der Waals surface area contributed by atoms with Crippen molar-refractivity contribution in [1.29, 1.82) is 0 Å². The lowest BCUT2D eigenvalue weighted by Gasteiger charge is -2.43. The van der Waals surface area contributed by atoms with Gasteiger partial charge in [-0.2, -0.15) is 0 Å². The van der Waals surface area contributed by atoms with Crippen LogP contribution in [-0.2, 0) is 4.79 Å². The van der Waals surface area contributed by atoms with E-state index >= 15 is 0 Å². The second-order valence-electron chi connectivity index (χ2n) is 8.26. The number of hydrogen-bond acceptors (Lipinski definition) is 4. The second kappa shape index (κ2) is 10.2. The average molecular weight is 460 g/mol. The van der Waals surface area contributed by atoms with E-state index in [0.717, 1.165) is 34.1 Å². The number of benzene rings is 2. The minimum atomic E-state index is -0.150.